The first kappa shape index (κ1) is 17.5. The summed E-state index contributed by atoms with van der Waals surface area (Å²) in [6.45, 7) is 6.54. The van der Waals surface area contributed by atoms with Gasteiger partial charge in [-0.1, -0.05) is 18.2 Å². The molecule has 1 aromatic carbocycles. The van der Waals surface area contributed by atoms with Gasteiger partial charge in [0.1, 0.15) is 5.60 Å². The van der Waals surface area contributed by atoms with E-state index in [1.165, 1.54) is 0 Å². The van der Waals surface area contributed by atoms with Crippen molar-refractivity contribution in [1.29, 1.82) is 0 Å². The second-order valence-electron chi connectivity index (χ2n) is 7.48. The molecular weight excluding hydrogens is 320 g/mol. The number of ether oxygens (including phenoxy) is 2. The van der Waals surface area contributed by atoms with E-state index in [0.717, 1.165) is 11.1 Å². The van der Waals surface area contributed by atoms with Crippen LogP contribution in [0.25, 0.3) is 5.57 Å². The van der Waals surface area contributed by atoms with Crippen LogP contribution in [0.4, 0.5) is 4.79 Å². The highest BCUT2D eigenvalue weighted by atomic mass is 16.6. The standard InChI is InChI=1S/C19H24N2O4/c1-19(2,3)25-18(23)21-15-8-14(9-16(21)11-24-10-15)12-4-6-13(7-5-12)17(20)22/h4-8,15-16H,9-11H2,1-3H3,(H2,20,22). The molecule has 0 saturated carbocycles. The van der Waals surface area contributed by atoms with Gasteiger partial charge in [-0.25, -0.2) is 4.79 Å². The minimum absolute atomic E-state index is 0.0515. The maximum absolute atomic E-state index is 12.6. The molecule has 0 radical (unpaired) electrons. The van der Waals surface area contributed by atoms with Gasteiger partial charge in [0.25, 0.3) is 0 Å². The number of carbonyl (C=O) groups excluding carboxylic acids is 2. The maximum atomic E-state index is 12.6. The molecule has 0 aromatic heterocycles. The predicted octanol–water partition coefficient (Wildman–Crippen LogP) is 2.58. The minimum atomic E-state index is -0.527. The summed E-state index contributed by atoms with van der Waals surface area (Å²) in [6, 6.07) is 7.05. The van der Waals surface area contributed by atoms with E-state index in [2.05, 4.69) is 6.08 Å². The van der Waals surface area contributed by atoms with Crippen LogP contribution in [-0.2, 0) is 9.47 Å². The molecule has 2 amide bonds. The molecule has 3 rings (SSSR count). The summed E-state index contributed by atoms with van der Waals surface area (Å²) in [5.41, 5.74) is 7.43. The fraction of sp³-hybridized carbons (Fsp3) is 0.474. The van der Waals surface area contributed by atoms with Crippen molar-refractivity contribution in [2.24, 2.45) is 5.73 Å². The lowest BCUT2D eigenvalue weighted by atomic mass is 9.89. The Morgan fingerprint density at radius 2 is 1.88 bits per heavy atom. The largest absolute Gasteiger partial charge is 0.444 e. The molecule has 25 heavy (non-hydrogen) atoms. The van der Waals surface area contributed by atoms with Crippen LogP contribution in [0.3, 0.4) is 0 Å². The van der Waals surface area contributed by atoms with Gasteiger partial charge in [0.2, 0.25) is 5.91 Å². The summed E-state index contributed by atoms with van der Waals surface area (Å²) < 4.78 is 11.2. The van der Waals surface area contributed by atoms with E-state index in [9.17, 15) is 9.59 Å². The first-order valence-electron chi connectivity index (χ1n) is 8.44. The summed E-state index contributed by atoms with van der Waals surface area (Å²) in [5, 5.41) is 0. The fourth-order valence-electron chi connectivity index (χ4n) is 3.26. The van der Waals surface area contributed by atoms with E-state index in [4.69, 9.17) is 15.2 Å². The second-order valence-corrected chi connectivity index (χ2v) is 7.48. The van der Waals surface area contributed by atoms with Crippen LogP contribution in [0.5, 0.6) is 0 Å². The van der Waals surface area contributed by atoms with Crippen molar-refractivity contribution in [3.05, 3.63) is 41.5 Å². The van der Waals surface area contributed by atoms with E-state index in [1.807, 2.05) is 32.9 Å². The van der Waals surface area contributed by atoms with Crippen molar-refractivity contribution < 1.29 is 19.1 Å². The summed E-state index contributed by atoms with van der Waals surface area (Å²) in [7, 11) is 0. The van der Waals surface area contributed by atoms with E-state index in [1.54, 1.807) is 17.0 Å². The molecule has 1 saturated heterocycles. The molecule has 0 aliphatic carbocycles. The maximum Gasteiger partial charge on any atom is 0.411 e. The number of primary amides is 1. The van der Waals surface area contributed by atoms with Gasteiger partial charge < -0.3 is 15.2 Å². The van der Waals surface area contributed by atoms with Crippen LogP contribution in [0.2, 0.25) is 0 Å². The Morgan fingerprint density at radius 1 is 1.20 bits per heavy atom. The monoisotopic (exact) mass is 344 g/mol. The lowest BCUT2D eigenvalue weighted by molar-refractivity contribution is -0.0510. The lowest BCUT2D eigenvalue weighted by Gasteiger charge is -2.44. The van der Waals surface area contributed by atoms with E-state index < -0.39 is 11.5 Å². The summed E-state index contributed by atoms with van der Waals surface area (Å²) >= 11 is 0. The molecule has 1 aromatic rings. The van der Waals surface area contributed by atoms with Crippen LogP contribution < -0.4 is 5.73 Å². The number of nitrogens with two attached hydrogens (primary N) is 1. The van der Waals surface area contributed by atoms with Gasteiger partial charge in [-0.2, -0.15) is 0 Å². The minimum Gasteiger partial charge on any atom is -0.444 e. The third-order valence-corrected chi connectivity index (χ3v) is 4.34. The third kappa shape index (κ3) is 3.85. The normalized spacial score (nSPS) is 23.0. The quantitative estimate of drug-likeness (QED) is 0.894. The number of fused-ring (bicyclic) bond motifs is 2. The highest BCUT2D eigenvalue weighted by Crippen LogP contribution is 2.33. The van der Waals surface area contributed by atoms with Gasteiger partial charge in [0, 0.05) is 5.56 Å². The third-order valence-electron chi connectivity index (χ3n) is 4.34. The Balaban J connectivity index is 1.83. The smallest absolute Gasteiger partial charge is 0.411 e. The van der Waals surface area contributed by atoms with Gasteiger partial charge in [-0.05, 0) is 50.5 Å². The Kier molecular flexibility index (Phi) is 4.56. The zero-order valence-corrected chi connectivity index (χ0v) is 14.8. The number of rotatable bonds is 2. The van der Waals surface area contributed by atoms with Crippen molar-refractivity contribution in [2.45, 2.75) is 44.9 Å². The van der Waals surface area contributed by atoms with Gasteiger partial charge in [-0.15, -0.1) is 0 Å². The highest BCUT2D eigenvalue weighted by molar-refractivity contribution is 5.93. The Labute approximate surface area is 147 Å². The van der Waals surface area contributed by atoms with Crippen LogP contribution >= 0.6 is 0 Å². The van der Waals surface area contributed by atoms with Crippen LogP contribution in [0.15, 0.2) is 30.3 Å². The average molecular weight is 344 g/mol. The van der Waals surface area contributed by atoms with Gasteiger partial charge in [0.15, 0.2) is 0 Å². The number of benzene rings is 1. The molecule has 0 spiro atoms. The van der Waals surface area contributed by atoms with E-state index >= 15 is 0 Å². The Hall–Kier alpha value is -2.34. The zero-order valence-electron chi connectivity index (χ0n) is 14.8. The van der Waals surface area contributed by atoms with Crippen molar-refractivity contribution in [1.82, 2.24) is 4.90 Å². The number of hydrogen-bond donors (Lipinski definition) is 1. The van der Waals surface area contributed by atoms with Crippen LogP contribution in [0.1, 0.15) is 43.1 Å². The van der Waals surface area contributed by atoms with Crippen molar-refractivity contribution in [2.75, 3.05) is 13.2 Å². The SMILES string of the molecule is CC(C)(C)OC(=O)N1C2C=C(c3ccc(C(N)=O)cc3)CC1COC2. The summed E-state index contributed by atoms with van der Waals surface area (Å²) in [4.78, 5) is 25.6. The number of nitrogens with zero attached hydrogens (tertiary/aromatic N) is 1. The number of morpholine rings is 1. The average Bonchev–Trinajstić information content (AvgIpc) is 2.52. The second kappa shape index (κ2) is 6.52. The molecule has 2 unspecified atom stereocenters. The number of amides is 2. The molecule has 2 bridgehead atoms. The van der Waals surface area contributed by atoms with Crippen LogP contribution in [-0.4, -0.2) is 47.8 Å². The Bertz CT molecular complexity index is 703. The summed E-state index contributed by atoms with van der Waals surface area (Å²) in [6.07, 6.45) is 2.44. The molecule has 6 heteroatoms. The van der Waals surface area contributed by atoms with Gasteiger partial charge in [-0.3, -0.25) is 9.69 Å². The molecule has 2 aliphatic heterocycles. The zero-order chi connectivity index (χ0) is 18.2. The molecule has 2 aliphatic rings. The molecular formula is C19H24N2O4. The Morgan fingerprint density at radius 3 is 2.44 bits per heavy atom. The molecule has 2 atom stereocenters. The predicted molar refractivity (Wildman–Crippen MR) is 94.0 cm³/mol. The molecule has 1 fully saturated rings. The number of carbonyl (C=O) groups is 2. The summed E-state index contributed by atoms with van der Waals surface area (Å²) in [5.74, 6) is -0.439. The van der Waals surface area contributed by atoms with E-state index in [-0.39, 0.29) is 18.2 Å². The van der Waals surface area contributed by atoms with Gasteiger partial charge in [0.05, 0.1) is 25.3 Å². The van der Waals surface area contributed by atoms with Crippen molar-refractivity contribution in [3.8, 4) is 0 Å². The molecule has 2 heterocycles. The van der Waals surface area contributed by atoms with Crippen LogP contribution in [0, 0.1) is 0 Å². The first-order chi connectivity index (χ1) is 11.7. The molecule has 134 valence electrons. The highest BCUT2D eigenvalue weighted by Gasteiger charge is 2.40. The number of hydrogen-bond acceptors (Lipinski definition) is 4. The van der Waals surface area contributed by atoms with E-state index in [0.29, 0.717) is 25.2 Å². The van der Waals surface area contributed by atoms with Crippen molar-refractivity contribution >= 4 is 17.6 Å². The fourth-order valence-corrected chi connectivity index (χ4v) is 3.26. The first-order valence-corrected chi connectivity index (χ1v) is 8.44. The molecule has 6 nitrogen and oxygen atoms in total. The van der Waals surface area contributed by atoms with Gasteiger partial charge >= 0.3 is 6.09 Å². The van der Waals surface area contributed by atoms with Crippen molar-refractivity contribution in [3.63, 3.8) is 0 Å². The topological polar surface area (TPSA) is 81.9 Å². The lowest BCUT2D eigenvalue weighted by Crippen LogP contribution is -2.57. The molecule has 2 N–H and O–H groups in total.